The van der Waals surface area contributed by atoms with E-state index in [4.69, 9.17) is 0 Å². The number of nitrogens with one attached hydrogen (secondary N) is 3. The van der Waals surface area contributed by atoms with Crippen molar-refractivity contribution in [3.05, 3.63) is 35.4 Å². The van der Waals surface area contributed by atoms with Crippen LogP contribution in [-0.2, 0) is 16.1 Å². The number of carbonyl (C=O) groups is 3. The maximum atomic E-state index is 12.4. The van der Waals surface area contributed by atoms with Gasteiger partial charge in [-0.25, -0.2) is 0 Å². The third kappa shape index (κ3) is 5.19. The lowest BCUT2D eigenvalue weighted by Crippen LogP contribution is -2.49. The second-order valence-electron chi connectivity index (χ2n) is 6.53. The summed E-state index contributed by atoms with van der Waals surface area (Å²) < 4.78 is 0. The van der Waals surface area contributed by atoms with Crippen LogP contribution < -0.4 is 16.0 Å². The summed E-state index contributed by atoms with van der Waals surface area (Å²) in [5.41, 5.74) is 1.51. The van der Waals surface area contributed by atoms with Crippen molar-refractivity contribution in [2.45, 2.75) is 19.4 Å². The van der Waals surface area contributed by atoms with Gasteiger partial charge in [-0.2, -0.15) is 0 Å². The van der Waals surface area contributed by atoms with Crippen LogP contribution in [-0.4, -0.2) is 55.3 Å². The number of piperazine rings is 1. The highest BCUT2D eigenvalue weighted by atomic mass is 35.5. The Labute approximate surface area is 159 Å². The first-order valence-electron chi connectivity index (χ1n) is 8.77. The Morgan fingerprint density at radius 1 is 1.19 bits per heavy atom. The average Bonchev–Trinajstić information content (AvgIpc) is 2.66. The predicted molar refractivity (Wildman–Crippen MR) is 100 cm³/mol. The van der Waals surface area contributed by atoms with Crippen LogP contribution in [0.25, 0.3) is 0 Å². The van der Waals surface area contributed by atoms with Crippen molar-refractivity contribution in [2.24, 2.45) is 5.92 Å². The third-order valence-corrected chi connectivity index (χ3v) is 4.66. The monoisotopic (exact) mass is 380 g/mol. The zero-order valence-electron chi connectivity index (χ0n) is 14.6. The molecule has 7 nitrogen and oxygen atoms in total. The minimum Gasteiger partial charge on any atom is -0.353 e. The van der Waals surface area contributed by atoms with E-state index < -0.39 is 0 Å². The molecule has 3 amide bonds. The van der Waals surface area contributed by atoms with Crippen LogP contribution in [0.5, 0.6) is 0 Å². The van der Waals surface area contributed by atoms with Gasteiger partial charge in [0.25, 0.3) is 5.91 Å². The standard InChI is InChI=1S/C18H24N4O3.ClH/c23-16-12-22(9-8-20-16)18(25)14-5-3-13(4-6-14)10-21-17(24)15-2-1-7-19-11-15;/h3-6,15,19H,1-2,7-12H2,(H,20,23)(H,21,24);1H. The summed E-state index contributed by atoms with van der Waals surface area (Å²) in [6.45, 7) is 3.30. The number of halogens is 1. The number of amides is 3. The average molecular weight is 381 g/mol. The van der Waals surface area contributed by atoms with Crippen molar-refractivity contribution in [3.63, 3.8) is 0 Å². The highest BCUT2D eigenvalue weighted by Crippen LogP contribution is 2.11. The molecule has 1 unspecified atom stereocenters. The molecular formula is C18H25ClN4O3. The van der Waals surface area contributed by atoms with E-state index in [1.165, 1.54) is 0 Å². The van der Waals surface area contributed by atoms with E-state index in [1.54, 1.807) is 17.0 Å². The minimum absolute atomic E-state index is 0. The zero-order valence-corrected chi connectivity index (χ0v) is 15.4. The molecule has 0 aliphatic carbocycles. The van der Waals surface area contributed by atoms with Gasteiger partial charge in [-0.1, -0.05) is 12.1 Å². The topological polar surface area (TPSA) is 90.5 Å². The van der Waals surface area contributed by atoms with Crippen LogP contribution in [0.2, 0.25) is 0 Å². The molecule has 0 saturated carbocycles. The van der Waals surface area contributed by atoms with Crippen LogP contribution in [0.1, 0.15) is 28.8 Å². The van der Waals surface area contributed by atoms with Crippen molar-refractivity contribution in [1.29, 1.82) is 0 Å². The van der Waals surface area contributed by atoms with Gasteiger partial charge in [0.05, 0.1) is 12.5 Å². The number of benzene rings is 1. The quantitative estimate of drug-likeness (QED) is 0.700. The Morgan fingerprint density at radius 2 is 1.96 bits per heavy atom. The molecule has 2 saturated heterocycles. The van der Waals surface area contributed by atoms with Crippen LogP contribution in [0.3, 0.4) is 0 Å². The van der Waals surface area contributed by atoms with E-state index in [1.807, 2.05) is 12.1 Å². The van der Waals surface area contributed by atoms with Crippen LogP contribution in [0.4, 0.5) is 0 Å². The number of piperidine rings is 1. The lowest BCUT2D eigenvalue weighted by Gasteiger charge is -2.26. The second kappa shape index (κ2) is 9.54. The normalized spacial score (nSPS) is 19.9. The first-order valence-corrected chi connectivity index (χ1v) is 8.77. The molecule has 0 radical (unpaired) electrons. The third-order valence-electron chi connectivity index (χ3n) is 4.66. The largest absolute Gasteiger partial charge is 0.353 e. The molecule has 8 heteroatoms. The first kappa shape index (κ1) is 20.2. The van der Waals surface area contributed by atoms with Gasteiger partial charge >= 0.3 is 0 Å². The molecule has 26 heavy (non-hydrogen) atoms. The summed E-state index contributed by atoms with van der Waals surface area (Å²) in [7, 11) is 0. The maximum absolute atomic E-state index is 12.4. The van der Waals surface area contributed by atoms with Crippen molar-refractivity contribution in [3.8, 4) is 0 Å². The van der Waals surface area contributed by atoms with Gasteiger partial charge in [0.15, 0.2) is 0 Å². The summed E-state index contributed by atoms with van der Waals surface area (Å²) in [6.07, 6.45) is 1.96. The molecule has 2 aliphatic heterocycles. The van der Waals surface area contributed by atoms with Crippen molar-refractivity contribution in [2.75, 3.05) is 32.7 Å². The SMILES string of the molecule is Cl.O=C1CN(C(=O)c2ccc(CNC(=O)C3CCCNC3)cc2)CCN1. The van der Waals surface area contributed by atoms with Crippen molar-refractivity contribution in [1.82, 2.24) is 20.9 Å². The number of nitrogens with zero attached hydrogens (tertiary/aromatic N) is 1. The molecule has 1 aromatic rings. The summed E-state index contributed by atoms with van der Waals surface area (Å²) in [4.78, 5) is 37.5. The van der Waals surface area contributed by atoms with Gasteiger partial charge in [-0.15, -0.1) is 12.4 Å². The zero-order chi connectivity index (χ0) is 17.6. The first-order chi connectivity index (χ1) is 12.1. The molecule has 2 fully saturated rings. The Morgan fingerprint density at radius 3 is 2.62 bits per heavy atom. The lowest BCUT2D eigenvalue weighted by atomic mass is 9.99. The van der Waals surface area contributed by atoms with Crippen LogP contribution >= 0.6 is 12.4 Å². The van der Waals surface area contributed by atoms with Crippen LogP contribution in [0, 0.1) is 5.92 Å². The van der Waals surface area contributed by atoms with E-state index in [-0.39, 0.29) is 42.6 Å². The van der Waals surface area contributed by atoms with E-state index in [9.17, 15) is 14.4 Å². The molecule has 2 aliphatic rings. The Kier molecular flexibility index (Phi) is 7.41. The molecule has 1 aromatic carbocycles. The van der Waals surface area contributed by atoms with Gasteiger partial charge < -0.3 is 20.9 Å². The fourth-order valence-electron chi connectivity index (χ4n) is 3.17. The van der Waals surface area contributed by atoms with E-state index in [0.29, 0.717) is 25.2 Å². The smallest absolute Gasteiger partial charge is 0.254 e. The molecule has 0 spiro atoms. The molecule has 142 valence electrons. The van der Waals surface area contributed by atoms with Crippen LogP contribution in [0.15, 0.2) is 24.3 Å². The van der Waals surface area contributed by atoms with E-state index in [2.05, 4.69) is 16.0 Å². The van der Waals surface area contributed by atoms with E-state index in [0.717, 1.165) is 31.5 Å². The molecule has 3 N–H and O–H groups in total. The second-order valence-corrected chi connectivity index (χ2v) is 6.53. The Balaban J connectivity index is 0.00000243. The maximum Gasteiger partial charge on any atom is 0.254 e. The summed E-state index contributed by atoms with van der Waals surface area (Å²) in [5, 5.41) is 8.90. The number of carbonyl (C=O) groups excluding carboxylic acids is 3. The molecule has 0 bridgehead atoms. The fraction of sp³-hybridized carbons (Fsp3) is 0.500. The number of hydrogen-bond donors (Lipinski definition) is 3. The summed E-state index contributed by atoms with van der Waals surface area (Å²) in [6, 6.07) is 7.18. The minimum atomic E-state index is -0.140. The Hall–Kier alpha value is -2.12. The number of rotatable bonds is 4. The molecule has 2 heterocycles. The molecule has 1 atom stereocenters. The summed E-state index contributed by atoms with van der Waals surface area (Å²) >= 11 is 0. The van der Waals surface area contributed by atoms with Gasteiger partial charge in [-0.05, 0) is 37.1 Å². The highest BCUT2D eigenvalue weighted by Gasteiger charge is 2.22. The van der Waals surface area contributed by atoms with Gasteiger partial charge in [-0.3, -0.25) is 14.4 Å². The van der Waals surface area contributed by atoms with E-state index >= 15 is 0 Å². The summed E-state index contributed by atoms with van der Waals surface area (Å²) in [5.74, 6) is -0.151. The van der Waals surface area contributed by atoms with Crippen molar-refractivity contribution < 1.29 is 14.4 Å². The lowest BCUT2D eigenvalue weighted by molar-refractivity contribution is -0.125. The van der Waals surface area contributed by atoms with Gasteiger partial charge in [0, 0.05) is 31.7 Å². The van der Waals surface area contributed by atoms with Gasteiger partial charge in [0.2, 0.25) is 11.8 Å². The predicted octanol–water partition coefficient (Wildman–Crippen LogP) is 0.296. The van der Waals surface area contributed by atoms with Crippen molar-refractivity contribution >= 4 is 30.1 Å². The highest BCUT2D eigenvalue weighted by molar-refractivity contribution is 5.97. The molecular weight excluding hydrogens is 356 g/mol. The number of hydrogen-bond acceptors (Lipinski definition) is 4. The Bertz CT molecular complexity index is 644. The molecule has 3 rings (SSSR count). The fourth-order valence-corrected chi connectivity index (χ4v) is 3.17. The molecule has 0 aromatic heterocycles. The van der Waals surface area contributed by atoms with Gasteiger partial charge in [0.1, 0.15) is 0 Å².